The highest BCUT2D eigenvalue weighted by Crippen LogP contribution is 2.41. The van der Waals surface area contributed by atoms with E-state index in [2.05, 4.69) is 24.1 Å². The third-order valence-electron chi connectivity index (χ3n) is 5.31. The molecule has 3 rings (SSSR count). The molecule has 1 aromatic rings. The lowest BCUT2D eigenvalue weighted by Crippen LogP contribution is -2.24. The summed E-state index contributed by atoms with van der Waals surface area (Å²) in [5, 5.41) is 0. The molecule has 160 valence electrons. The second kappa shape index (κ2) is 10.2. The number of hydrogen-bond acceptors (Lipinski definition) is 6. The van der Waals surface area contributed by atoms with Crippen LogP contribution in [-0.4, -0.2) is 45.0 Å². The van der Waals surface area contributed by atoms with Crippen LogP contribution in [0.25, 0.3) is 5.57 Å². The van der Waals surface area contributed by atoms with Crippen LogP contribution in [0.3, 0.4) is 0 Å². The van der Waals surface area contributed by atoms with Crippen LogP contribution in [0.4, 0.5) is 0 Å². The second-order valence-corrected chi connectivity index (χ2v) is 7.28. The number of esters is 1. The number of methoxy groups -OCH3 is 2. The predicted octanol–water partition coefficient (Wildman–Crippen LogP) is 4.09. The quantitative estimate of drug-likeness (QED) is 0.427. The Hall–Kier alpha value is -2.99. The van der Waals surface area contributed by atoms with Crippen molar-refractivity contribution in [2.75, 3.05) is 34.1 Å². The number of hydrogen-bond donors (Lipinski definition) is 0. The largest absolute Gasteiger partial charge is 0.501 e. The van der Waals surface area contributed by atoms with E-state index in [-0.39, 0.29) is 25.1 Å². The van der Waals surface area contributed by atoms with Crippen molar-refractivity contribution in [1.29, 1.82) is 0 Å². The summed E-state index contributed by atoms with van der Waals surface area (Å²) in [5.74, 6) is 1.95. The lowest BCUT2D eigenvalue weighted by Gasteiger charge is -2.26. The third-order valence-corrected chi connectivity index (χ3v) is 5.31. The standard InChI is InChI=1S/C24H29NO5/c1-5-9-25(10-6-2)15-19-12-22-23(30-16-29-22)14-20(19)17-7-8-21(27-3)18(11-17)13-24(26)28-4/h5-8,12,14,18H,1-2,9-11,13,15-16H2,3-4H3. The van der Waals surface area contributed by atoms with Crippen molar-refractivity contribution in [1.82, 2.24) is 4.90 Å². The van der Waals surface area contributed by atoms with Crippen molar-refractivity contribution >= 4 is 11.5 Å². The Bertz CT molecular complexity index is 861. The Morgan fingerprint density at radius 1 is 1.17 bits per heavy atom. The maximum Gasteiger partial charge on any atom is 0.306 e. The van der Waals surface area contributed by atoms with Crippen molar-refractivity contribution in [3.8, 4) is 11.5 Å². The number of benzene rings is 1. The van der Waals surface area contributed by atoms with Crippen LogP contribution in [0, 0.1) is 5.92 Å². The van der Waals surface area contributed by atoms with E-state index < -0.39 is 0 Å². The van der Waals surface area contributed by atoms with Crippen LogP contribution in [0.2, 0.25) is 0 Å². The molecule has 0 aromatic heterocycles. The molecule has 6 nitrogen and oxygen atoms in total. The molecular weight excluding hydrogens is 382 g/mol. The number of rotatable bonds is 10. The fourth-order valence-corrected chi connectivity index (χ4v) is 3.87. The number of carbonyl (C=O) groups excluding carboxylic acids is 1. The average Bonchev–Trinajstić information content (AvgIpc) is 3.21. The number of allylic oxidation sites excluding steroid dienone is 4. The van der Waals surface area contributed by atoms with Gasteiger partial charge in [0.05, 0.1) is 26.4 Å². The van der Waals surface area contributed by atoms with Gasteiger partial charge in [-0.1, -0.05) is 18.2 Å². The Morgan fingerprint density at radius 3 is 2.50 bits per heavy atom. The number of carbonyl (C=O) groups is 1. The third kappa shape index (κ3) is 4.94. The molecule has 0 spiro atoms. The van der Waals surface area contributed by atoms with E-state index in [0.29, 0.717) is 13.0 Å². The zero-order chi connectivity index (χ0) is 21.5. The van der Waals surface area contributed by atoms with Crippen molar-refractivity contribution in [3.63, 3.8) is 0 Å². The number of ether oxygens (including phenoxy) is 4. The van der Waals surface area contributed by atoms with Crippen LogP contribution in [0.1, 0.15) is 24.0 Å². The maximum absolute atomic E-state index is 11.9. The zero-order valence-corrected chi connectivity index (χ0v) is 17.7. The lowest BCUT2D eigenvalue weighted by molar-refractivity contribution is -0.141. The Balaban J connectivity index is 1.96. The predicted molar refractivity (Wildman–Crippen MR) is 116 cm³/mol. The van der Waals surface area contributed by atoms with Gasteiger partial charge in [0.25, 0.3) is 0 Å². The highest BCUT2D eigenvalue weighted by atomic mass is 16.7. The summed E-state index contributed by atoms with van der Waals surface area (Å²) < 4.78 is 21.6. The van der Waals surface area contributed by atoms with E-state index in [4.69, 9.17) is 18.9 Å². The monoisotopic (exact) mass is 411 g/mol. The first-order valence-electron chi connectivity index (χ1n) is 9.98. The minimum atomic E-state index is -0.252. The van der Waals surface area contributed by atoms with Gasteiger partial charge in [0.15, 0.2) is 11.5 Å². The first-order valence-corrected chi connectivity index (χ1v) is 9.98. The second-order valence-electron chi connectivity index (χ2n) is 7.28. The first-order chi connectivity index (χ1) is 14.6. The van der Waals surface area contributed by atoms with Crippen molar-refractivity contribution < 1.29 is 23.7 Å². The van der Waals surface area contributed by atoms with Crippen molar-refractivity contribution in [2.24, 2.45) is 5.92 Å². The molecule has 0 fully saturated rings. The molecular formula is C24H29NO5. The molecule has 0 radical (unpaired) electrons. The summed E-state index contributed by atoms with van der Waals surface area (Å²) in [4.78, 5) is 14.2. The molecule has 30 heavy (non-hydrogen) atoms. The highest BCUT2D eigenvalue weighted by Gasteiger charge is 2.27. The Labute approximate surface area is 178 Å². The molecule has 0 saturated carbocycles. The minimum Gasteiger partial charge on any atom is -0.501 e. The maximum atomic E-state index is 11.9. The SMILES string of the molecule is C=CCN(CC=C)Cc1cc2c(cc1C1=CC=C(OC)C(CC(=O)OC)C1)OCO2. The molecule has 0 N–H and O–H groups in total. The van der Waals surface area contributed by atoms with Gasteiger partial charge in [-0.15, -0.1) is 13.2 Å². The van der Waals surface area contributed by atoms with Gasteiger partial charge in [-0.25, -0.2) is 0 Å². The molecule has 1 heterocycles. The van der Waals surface area contributed by atoms with E-state index in [9.17, 15) is 4.79 Å². The fraction of sp³-hybridized carbons (Fsp3) is 0.375. The van der Waals surface area contributed by atoms with Crippen molar-refractivity contribution in [3.05, 3.63) is 66.5 Å². The molecule has 1 atom stereocenters. The van der Waals surface area contributed by atoms with Crippen LogP contribution in [0.15, 0.2) is 55.4 Å². The topological polar surface area (TPSA) is 57.2 Å². The van der Waals surface area contributed by atoms with Gasteiger partial charge in [-0.2, -0.15) is 0 Å². The molecule has 1 aliphatic heterocycles. The number of nitrogens with zero attached hydrogens (tertiary/aromatic N) is 1. The fourth-order valence-electron chi connectivity index (χ4n) is 3.87. The molecule has 1 aromatic carbocycles. The summed E-state index contributed by atoms with van der Waals surface area (Å²) >= 11 is 0. The average molecular weight is 411 g/mol. The van der Waals surface area contributed by atoms with Crippen molar-refractivity contribution in [2.45, 2.75) is 19.4 Å². The first kappa shape index (κ1) is 21.7. The van der Waals surface area contributed by atoms with Crippen LogP contribution >= 0.6 is 0 Å². The normalized spacial score (nSPS) is 17.2. The molecule has 0 amide bonds. The van der Waals surface area contributed by atoms with Gasteiger partial charge in [-0.3, -0.25) is 9.69 Å². The van der Waals surface area contributed by atoms with E-state index in [1.165, 1.54) is 7.11 Å². The van der Waals surface area contributed by atoms with Gasteiger partial charge in [0.1, 0.15) is 0 Å². The Morgan fingerprint density at radius 2 is 1.87 bits per heavy atom. The summed E-state index contributed by atoms with van der Waals surface area (Å²) in [5.41, 5.74) is 3.33. The van der Waals surface area contributed by atoms with E-state index >= 15 is 0 Å². The molecule has 1 unspecified atom stereocenters. The summed E-state index contributed by atoms with van der Waals surface area (Å²) in [6.07, 6.45) is 8.70. The minimum absolute atomic E-state index is 0.0711. The van der Waals surface area contributed by atoms with Crippen LogP contribution in [-0.2, 0) is 20.8 Å². The van der Waals surface area contributed by atoms with Crippen LogP contribution < -0.4 is 9.47 Å². The van der Waals surface area contributed by atoms with Gasteiger partial charge in [0, 0.05) is 25.6 Å². The van der Waals surface area contributed by atoms with Gasteiger partial charge >= 0.3 is 5.97 Å². The van der Waals surface area contributed by atoms with Crippen LogP contribution in [0.5, 0.6) is 11.5 Å². The van der Waals surface area contributed by atoms with E-state index in [0.717, 1.165) is 47.0 Å². The smallest absolute Gasteiger partial charge is 0.306 e. The van der Waals surface area contributed by atoms with Gasteiger partial charge < -0.3 is 18.9 Å². The Kier molecular flexibility index (Phi) is 7.36. The van der Waals surface area contributed by atoms with E-state index in [1.54, 1.807) is 7.11 Å². The number of fused-ring (bicyclic) bond motifs is 1. The van der Waals surface area contributed by atoms with Gasteiger partial charge in [-0.05, 0) is 41.3 Å². The molecule has 2 aliphatic rings. The highest BCUT2D eigenvalue weighted by molar-refractivity contribution is 5.76. The molecule has 0 saturated heterocycles. The van der Waals surface area contributed by atoms with Gasteiger partial charge in [0.2, 0.25) is 6.79 Å². The summed E-state index contributed by atoms with van der Waals surface area (Å²) in [6, 6.07) is 4.08. The molecule has 6 heteroatoms. The summed E-state index contributed by atoms with van der Waals surface area (Å²) in [6.45, 7) is 10.1. The lowest BCUT2D eigenvalue weighted by atomic mass is 9.84. The molecule has 1 aliphatic carbocycles. The van der Waals surface area contributed by atoms with E-state index in [1.807, 2.05) is 30.4 Å². The molecule has 0 bridgehead atoms. The zero-order valence-electron chi connectivity index (χ0n) is 17.7. The summed E-state index contributed by atoms with van der Waals surface area (Å²) in [7, 11) is 3.03.